The average molecular weight is 612 g/mol. The molecule has 0 aliphatic heterocycles. The topological polar surface area (TPSA) is 147 Å². The number of halogens is 1. The fourth-order valence-corrected chi connectivity index (χ4v) is 5.79. The van der Waals surface area contributed by atoms with Crippen molar-refractivity contribution >= 4 is 37.7 Å². The third-order valence-electron chi connectivity index (χ3n) is 7.41. The van der Waals surface area contributed by atoms with E-state index in [0.717, 1.165) is 41.2 Å². The summed E-state index contributed by atoms with van der Waals surface area (Å²) in [5.74, 6) is 0.142. The number of nitrogens with zero attached hydrogens (tertiary/aromatic N) is 5. The number of benzene rings is 1. The van der Waals surface area contributed by atoms with Gasteiger partial charge in [0.15, 0.2) is 11.5 Å². The molecule has 5 aromatic heterocycles. The first-order valence-corrected chi connectivity index (χ1v) is 16.3. The average Bonchev–Trinajstić information content (AvgIpc) is 3.62. The number of Topliss-reactive ketones (excluding diaryl/α,β-unsaturated/α-hetero) is 1. The van der Waals surface area contributed by atoms with Gasteiger partial charge in [-0.15, -0.1) is 0 Å². The van der Waals surface area contributed by atoms with Crippen LogP contribution in [0.1, 0.15) is 37.3 Å². The molecule has 5 heterocycles. The van der Waals surface area contributed by atoms with E-state index < -0.39 is 15.7 Å². The molecule has 0 spiro atoms. The number of carbonyl (C=O) groups excluding carboxylic acids is 1. The van der Waals surface area contributed by atoms with Gasteiger partial charge in [0.05, 0.1) is 28.4 Å². The molecule has 44 heavy (non-hydrogen) atoms. The molecular weight excluding hydrogens is 581 g/mol. The number of aromatic nitrogens is 7. The molecule has 0 amide bonds. The standard InChI is InChI=1S/C32H30FN7O3S/c1-3-4-5-25(41)11-20-9-22(15-34-14-20)23-13-26-30(39-40-31(26)36-16-23)32-37-28-18-35-17-27(29(28)38-32)21-8-19(10-24(33)12-21)6-7-44(2,42)43/h8-10,12-18H,3-7,11H2,1-2H3,(H,37,38)(H,36,39,40). The number of fused-ring (bicyclic) bond motifs is 2. The smallest absolute Gasteiger partial charge is 0.181 e. The van der Waals surface area contributed by atoms with Crippen LogP contribution in [0.2, 0.25) is 0 Å². The second kappa shape index (κ2) is 12.0. The third-order valence-corrected chi connectivity index (χ3v) is 8.36. The molecule has 1 aromatic carbocycles. The van der Waals surface area contributed by atoms with Gasteiger partial charge >= 0.3 is 0 Å². The van der Waals surface area contributed by atoms with Crippen molar-refractivity contribution in [1.82, 2.24) is 35.1 Å². The second-order valence-corrected chi connectivity index (χ2v) is 13.3. The molecule has 10 nitrogen and oxygen atoms in total. The highest BCUT2D eigenvalue weighted by atomic mass is 32.2. The summed E-state index contributed by atoms with van der Waals surface area (Å²) in [6.45, 7) is 2.07. The van der Waals surface area contributed by atoms with Crippen LogP contribution in [0.25, 0.3) is 55.8 Å². The number of hydrogen-bond acceptors (Lipinski definition) is 8. The Kier molecular flexibility index (Phi) is 8.00. The van der Waals surface area contributed by atoms with Crippen molar-refractivity contribution in [1.29, 1.82) is 0 Å². The molecule has 0 aliphatic rings. The van der Waals surface area contributed by atoms with Crippen molar-refractivity contribution in [3.63, 3.8) is 0 Å². The summed E-state index contributed by atoms with van der Waals surface area (Å²) in [6.07, 6.45) is 12.5. The summed E-state index contributed by atoms with van der Waals surface area (Å²) < 4.78 is 37.9. The maximum atomic E-state index is 14.6. The number of hydrogen-bond donors (Lipinski definition) is 2. The second-order valence-electron chi connectivity index (χ2n) is 11.0. The lowest BCUT2D eigenvalue weighted by molar-refractivity contribution is -0.118. The van der Waals surface area contributed by atoms with Crippen molar-refractivity contribution < 1.29 is 17.6 Å². The lowest BCUT2D eigenvalue weighted by Gasteiger charge is -2.07. The molecular formula is C32H30FN7O3S. The molecule has 0 atom stereocenters. The molecule has 0 aliphatic carbocycles. The van der Waals surface area contributed by atoms with Crippen molar-refractivity contribution in [2.75, 3.05) is 12.0 Å². The normalized spacial score (nSPS) is 11.9. The van der Waals surface area contributed by atoms with Crippen LogP contribution in [0.5, 0.6) is 0 Å². The van der Waals surface area contributed by atoms with Crippen molar-refractivity contribution in [2.24, 2.45) is 0 Å². The number of aryl methyl sites for hydroxylation is 1. The Morgan fingerprint density at radius 2 is 1.73 bits per heavy atom. The summed E-state index contributed by atoms with van der Waals surface area (Å²) in [5.41, 5.74) is 6.54. The molecule has 0 saturated carbocycles. The Morgan fingerprint density at radius 1 is 0.932 bits per heavy atom. The molecule has 0 bridgehead atoms. The molecule has 2 N–H and O–H groups in total. The number of pyridine rings is 3. The number of H-pyrrole nitrogens is 2. The van der Waals surface area contributed by atoms with Crippen LogP contribution in [0.3, 0.4) is 0 Å². The molecule has 12 heteroatoms. The zero-order chi connectivity index (χ0) is 30.8. The van der Waals surface area contributed by atoms with Gasteiger partial charge < -0.3 is 4.98 Å². The predicted molar refractivity (Wildman–Crippen MR) is 167 cm³/mol. The minimum atomic E-state index is -3.20. The van der Waals surface area contributed by atoms with Crippen molar-refractivity contribution in [2.45, 2.75) is 39.0 Å². The minimum absolute atomic E-state index is 0.0781. The largest absolute Gasteiger partial charge is 0.335 e. The Bertz CT molecular complexity index is 2120. The van der Waals surface area contributed by atoms with E-state index >= 15 is 0 Å². The summed E-state index contributed by atoms with van der Waals surface area (Å²) in [5, 5.41) is 8.12. The predicted octanol–water partition coefficient (Wildman–Crippen LogP) is 5.65. The van der Waals surface area contributed by atoms with E-state index in [1.807, 2.05) is 12.1 Å². The lowest BCUT2D eigenvalue weighted by Crippen LogP contribution is -2.06. The van der Waals surface area contributed by atoms with Crippen LogP contribution < -0.4 is 0 Å². The fraction of sp³-hybridized carbons (Fsp3) is 0.250. The van der Waals surface area contributed by atoms with Crippen LogP contribution in [0, 0.1) is 5.82 Å². The van der Waals surface area contributed by atoms with Crippen LogP contribution in [-0.2, 0) is 27.5 Å². The van der Waals surface area contributed by atoms with Gasteiger partial charge in [-0.05, 0) is 53.8 Å². The van der Waals surface area contributed by atoms with E-state index in [9.17, 15) is 17.6 Å². The van der Waals surface area contributed by atoms with E-state index in [1.165, 1.54) is 12.1 Å². The van der Waals surface area contributed by atoms with E-state index in [4.69, 9.17) is 4.98 Å². The SMILES string of the molecule is CCCCC(=O)Cc1cncc(-c2cnc3n[nH]c(-c4nc5c(-c6cc(F)cc(CCS(C)(=O)=O)c6)cncc5[nH]4)c3c2)c1. The van der Waals surface area contributed by atoms with Gasteiger partial charge in [-0.3, -0.25) is 19.9 Å². The highest BCUT2D eigenvalue weighted by Gasteiger charge is 2.18. The lowest BCUT2D eigenvalue weighted by atomic mass is 10.0. The number of imidazole rings is 1. The van der Waals surface area contributed by atoms with Gasteiger partial charge in [-0.1, -0.05) is 19.4 Å². The van der Waals surface area contributed by atoms with Crippen molar-refractivity contribution in [3.8, 4) is 33.8 Å². The Labute approximate surface area is 253 Å². The Morgan fingerprint density at radius 3 is 2.55 bits per heavy atom. The summed E-state index contributed by atoms with van der Waals surface area (Å²) >= 11 is 0. The zero-order valence-electron chi connectivity index (χ0n) is 24.3. The molecule has 0 saturated heterocycles. The van der Waals surface area contributed by atoms with Gasteiger partial charge in [0, 0.05) is 60.6 Å². The maximum absolute atomic E-state index is 14.6. The molecule has 6 rings (SSSR count). The molecule has 0 fully saturated rings. The first-order chi connectivity index (χ1) is 21.2. The van der Waals surface area contributed by atoms with Gasteiger partial charge in [-0.2, -0.15) is 5.10 Å². The zero-order valence-corrected chi connectivity index (χ0v) is 25.1. The van der Waals surface area contributed by atoms with E-state index in [-0.39, 0.29) is 18.0 Å². The number of ketones is 1. The molecule has 224 valence electrons. The number of sulfone groups is 1. The van der Waals surface area contributed by atoms with Crippen LogP contribution in [0.4, 0.5) is 4.39 Å². The van der Waals surface area contributed by atoms with E-state index in [1.54, 1.807) is 37.1 Å². The highest BCUT2D eigenvalue weighted by Crippen LogP contribution is 2.33. The van der Waals surface area contributed by atoms with E-state index in [2.05, 4.69) is 37.1 Å². The van der Waals surface area contributed by atoms with Crippen molar-refractivity contribution in [3.05, 3.63) is 78.3 Å². The molecule has 0 radical (unpaired) electrons. The Balaban J connectivity index is 1.35. The number of rotatable bonds is 11. The van der Waals surface area contributed by atoms with E-state index in [0.29, 0.717) is 57.7 Å². The summed E-state index contributed by atoms with van der Waals surface area (Å²) in [4.78, 5) is 33.7. The van der Waals surface area contributed by atoms with Crippen LogP contribution >= 0.6 is 0 Å². The first-order valence-electron chi connectivity index (χ1n) is 14.3. The van der Waals surface area contributed by atoms with Crippen LogP contribution in [-0.4, -0.2) is 61.3 Å². The monoisotopic (exact) mass is 611 g/mol. The number of carbonyl (C=O) groups is 1. The molecule has 0 unspecified atom stereocenters. The highest BCUT2D eigenvalue weighted by molar-refractivity contribution is 7.90. The fourth-order valence-electron chi connectivity index (χ4n) is 5.19. The van der Waals surface area contributed by atoms with Crippen LogP contribution in [0.15, 0.2) is 61.3 Å². The molecule has 6 aromatic rings. The minimum Gasteiger partial charge on any atom is -0.335 e. The maximum Gasteiger partial charge on any atom is 0.181 e. The number of unbranched alkanes of at least 4 members (excludes halogenated alkanes) is 1. The van der Waals surface area contributed by atoms with Gasteiger partial charge in [0.25, 0.3) is 0 Å². The third kappa shape index (κ3) is 6.40. The quantitative estimate of drug-likeness (QED) is 0.191. The first kappa shape index (κ1) is 29.2. The summed E-state index contributed by atoms with van der Waals surface area (Å²) in [6, 6.07) is 8.40. The Hall–Kier alpha value is -4.84. The number of nitrogens with one attached hydrogen (secondary N) is 2. The summed E-state index contributed by atoms with van der Waals surface area (Å²) in [7, 11) is -3.20. The van der Waals surface area contributed by atoms with Gasteiger partial charge in [0.1, 0.15) is 27.1 Å². The van der Waals surface area contributed by atoms with Gasteiger partial charge in [-0.25, -0.2) is 22.8 Å². The van der Waals surface area contributed by atoms with Gasteiger partial charge in [0.2, 0.25) is 0 Å². The number of aromatic amines is 2.